The van der Waals surface area contributed by atoms with E-state index in [-0.39, 0.29) is 0 Å². The maximum atomic E-state index is 5.06. The lowest BCUT2D eigenvalue weighted by Crippen LogP contribution is -1.55. The van der Waals surface area contributed by atoms with Crippen molar-refractivity contribution in [2.45, 2.75) is 18.6 Å². The van der Waals surface area contributed by atoms with Gasteiger partial charge >= 0.3 is 0 Å². The van der Waals surface area contributed by atoms with Gasteiger partial charge in [0.05, 0.1) is 0 Å². The summed E-state index contributed by atoms with van der Waals surface area (Å²) in [5.41, 5.74) is 0. The van der Waals surface area contributed by atoms with E-state index in [1.165, 1.54) is 28.0 Å². The molecule has 0 aliphatic heterocycles. The summed E-state index contributed by atoms with van der Waals surface area (Å²) in [4.78, 5) is 0. The number of hydrogen-bond acceptors (Lipinski definition) is 0. The molecule has 0 aromatic rings. The minimum Gasteiger partial charge on any atom is -0.144 e. The molecule has 0 bridgehead atoms. The molecule has 0 aliphatic rings. The first-order chi connectivity index (χ1) is 3.33. The minimum atomic E-state index is 0.861. The summed E-state index contributed by atoms with van der Waals surface area (Å²) in [7, 11) is 0. The summed E-state index contributed by atoms with van der Waals surface area (Å²) in [6.07, 6.45) is 1.38. The van der Waals surface area contributed by atoms with Gasteiger partial charge in [0, 0.05) is 0 Å². The van der Waals surface area contributed by atoms with Crippen LogP contribution in [0.3, 0.4) is 0 Å². The quantitative estimate of drug-likeness (QED) is 0.372. The van der Waals surface area contributed by atoms with E-state index < -0.39 is 0 Å². The van der Waals surface area contributed by atoms with Crippen molar-refractivity contribution in [2.24, 2.45) is 0 Å². The average Bonchev–Trinajstić information content (AvgIpc) is 1.69. The Morgan fingerprint density at radius 3 is 1.57 bits per heavy atom. The Hall–Kier alpha value is 1.35. The van der Waals surface area contributed by atoms with Gasteiger partial charge < -0.3 is 0 Å². The number of alkyl halides is 1. The van der Waals surface area contributed by atoms with E-state index in [0.29, 0.717) is 0 Å². The topological polar surface area (TPSA) is 0 Å². The Morgan fingerprint density at radius 1 is 1.43 bits per heavy atom. The highest BCUT2D eigenvalue weighted by atomic mass is 35.5. The normalized spacial score (nSPS) is 6.57. The Labute approximate surface area is 67.5 Å². The van der Waals surface area contributed by atoms with Crippen LogP contribution in [0.1, 0.15) is 13.3 Å². The van der Waals surface area contributed by atoms with Gasteiger partial charge in [0.15, 0.2) is 0 Å². The molecule has 0 saturated carbocycles. The van der Waals surface area contributed by atoms with Crippen molar-refractivity contribution in [1.29, 1.82) is 0 Å². The van der Waals surface area contributed by atoms with Crippen LogP contribution in [0, 0.1) is 0 Å². The summed E-state index contributed by atoms with van der Waals surface area (Å²) < 4.78 is 0.861. The van der Waals surface area contributed by atoms with Crippen LogP contribution in [0.4, 0.5) is 0 Å². The van der Waals surface area contributed by atoms with Crippen molar-refractivity contribution < 1.29 is 0 Å². The van der Waals surface area contributed by atoms with Gasteiger partial charge in [-0.1, -0.05) is 13.3 Å². The van der Waals surface area contributed by atoms with Crippen LogP contribution in [0.15, 0.2) is 0 Å². The van der Waals surface area contributed by atoms with E-state index in [2.05, 4.69) is 6.92 Å². The second kappa shape index (κ2) is 15.7. The lowest BCUT2D eigenvalue weighted by Gasteiger charge is -1.66. The van der Waals surface area contributed by atoms with Crippen LogP contribution < -0.4 is 0 Å². The highest BCUT2D eigenvalue weighted by molar-refractivity contribution is 6.36. The van der Waals surface area contributed by atoms with Gasteiger partial charge in [0.2, 0.25) is 32.6 Å². The molecule has 3 heteroatoms. The van der Waals surface area contributed by atoms with E-state index in [9.17, 15) is 0 Å². The predicted molar refractivity (Wildman–Crippen MR) is 42.9 cm³/mol. The molecule has 0 unspecified atom stereocenters. The third kappa shape index (κ3) is 38.0. The molecule has 0 radical (unpaired) electrons. The molecule has 0 spiro atoms. The van der Waals surface area contributed by atoms with Gasteiger partial charge in [-0.2, -0.15) is 0 Å². The fourth-order valence-corrected chi connectivity index (χ4v) is 0. The standard InChI is InChI=1S/C3H7.CH2Cl.2Al.4H/c1-3-2;1-2;;;;;;/h1,3H2,2H3;1H2;;;;;;. The van der Waals surface area contributed by atoms with Crippen LogP contribution in [0.2, 0.25) is 5.28 Å². The zero-order valence-corrected chi connectivity index (χ0v) is 10.3. The monoisotopic (exact) mass is 150 g/mol. The van der Waals surface area contributed by atoms with Gasteiger partial charge in [-0.15, -0.1) is 16.9 Å². The number of hydrogen-bond donors (Lipinski definition) is 0. The van der Waals surface area contributed by atoms with E-state index in [4.69, 9.17) is 11.6 Å². The summed E-state index contributed by atoms with van der Waals surface area (Å²) in [5, 5.41) is 1.46. The first-order valence-electron chi connectivity index (χ1n) is 2.89. The third-order valence-electron chi connectivity index (χ3n) is 0.500. The second-order valence-electron chi connectivity index (χ2n) is 1.27. The van der Waals surface area contributed by atoms with Crippen molar-refractivity contribution in [3.05, 3.63) is 0 Å². The molecule has 0 amide bonds. The summed E-state index contributed by atoms with van der Waals surface area (Å²) >= 11 is 7.58. The highest BCUT2D eigenvalue weighted by Gasteiger charge is 1.58. The van der Waals surface area contributed by atoms with E-state index in [0.717, 1.165) is 21.0 Å². The molecule has 0 aliphatic carbocycles. The van der Waals surface area contributed by atoms with Crippen molar-refractivity contribution in [2.75, 3.05) is 4.74 Å². The van der Waals surface area contributed by atoms with Crippen LogP contribution in [0.5, 0.6) is 0 Å². The Kier molecular flexibility index (Phi) is 25.0. The Bertz CT molecular complexity index is 17.2. The smallest absolute Gasteiger partial charge is 0.144 e. The lowest BCUT2D eigenvalue weighted by molar-refractivity contribution is 1.08. The average molecular weight is 151 g/mol. The van der Waals surface area contributed by atoms with Gasteiger partial charge in [0.1, 0.15) is 0 Å². The van der Waals surface area contributed by atoms with E-state index >= 15 is 0 Å². The molecule has 0 aromatic carbocycles. The fraction of sp³-hybridized carbons (Fsp3) is 1.00. The fourth-order valence-electron chi connectivity index (χ4n) is 0. The van der Waals surface area contributed by atoms with Crippen molar-refractivity contribution in [1.82, 2.24) is 0 Å². The zero-order valence-electron chi connectivity index (χ0n) is 5.50. The largest absolute Gasteiger partial charge is 0.235 e. The molecular weight excluding hydrogens is 137 g/mol. The van der Waals surface area contributed by atoms with Gasteiger partial charge in [-0.25, -0.2) is 0 Å². The maximum Gasteiger partial charge on any atom is 0.235 e. The summed E-state index contributed by atoms with van der Waals surface area (Å²) in [6.45, 7) is 2.22. The second-order valence-corrected chi connectivity index (χ2v) is 4.41. The Morgan fingerprint density at radius 2 is 1.57 bits per heavy atom. The number of rotatable bonds is 1. The van der Waals surface area contributed by atoms with E-state index in [1.807, 2.05) is 0 Å². The molecule has 0 rings (SSSR count). The molecule has 0 saturated heterocycles. The van der Waals surface area contributed by atoms with Crippen molar-refractivity contribution >= 4 is 44.2 Å². The molecule has 0 atom stereocenters. The Balaban J connectivity index is 0. The first-order valence-corrected chi connectivity index (χ1v) is 6.25. The van der Waals surface area contributed by atoms with Crippen LogP contribution >= 0.6 is 11.6 Å². The lowest BCUT2D eigenvalue weighted by atomic mass is 10.6. The first kappa shape index (κ1) is 11.2. The molecule has 42 valence electrons. The van der Waals surface area contributed by atoms with Crippen molar-refractivity contribution in [3.63, 3.8) is 0 Å². The predicted octanol–water partition coefficient (Wildman–Crippen LogP) is 0.264. The molecular formula is C4H13Al2Cl. The molecule has 0 aromatic heterocycles. The highest BCUT2D eigenvalue weighted by Crippen LogP contribution is 1.73. The summed E-state index contributed by atoms with van der Waals surface area (Å²) in [5.74, 6) is 0. The van der Waals surface area contributed by atoms with Crippen LogP contribution in [-0.4, -0.2) is 37.3 Å². The maximum absolute atomic E-state index is 5.06. The summed E-state index contributed by atoms with van der Waals surface area (Å²) in [6, 6.07) is 0. The van der Waals surface area contributed by atoms with E-state index in [1.54, 1.807) is 0 Å². The molecule has 0 N–H and O–H groups in total. The van der Waals surface area contributed by atoms with Gasteiger partial charge in [-0.05, 0) is 4.74 Å². The third-order valence-corrected chi connectivity index (χ3v) is 1.50. The van der Waals surface area contributed by atoms with Gasteiger partial charge in [-0.3, -0.25) is 0 Å². The number of halogens is 1. The van der Waals surface area contributed by atoms with Gasteiger partial charge in [0.25, 0.3) is 0 Å². The molecule has 7 heavy (non-hydrogen) atoms. The molecule has 0 heterocycles. The van der Waals surface area contributed by atoms with Crippen LogP contribution in [-0.2, 0) is 0 Å². The SMILES string of the molecule is CC[CH2][AlH2].[AlH2][CH2]Cl. The van der Waals surface area contributed by atoms with Crippen LogP contribution in [0.25, 0.3) is 0 Å². The minimum absolute atomic E-state index is 0.861. The van der Waals surface area contributed by atoms with Crippen molar-refractivity contribution in [3.8, 4) is 0 Å². The zero-order chi connectivity index (χ0) is 6.12. The molecule has 0 nitrogen and oxygen atoms in total. The molecule has 0 fully saturated rings.